The first-order valence-electron chi connectivity index (χ1n) is 9.65. The number of carbonyl (C=O) groups is 1. The number of rotatable bonds is 6. The number of hydrogen-bond acceptors (Lipinski definition) is 5. The Kier molecular flexibility index (Phi) is 5.57. The number of nitro groups is 1. The van der Waals surface area contributed by atoms with Gasteiger partial charge in [-0.2, -0.15) is 10.1 Å². The largest absolute Gasteiger partial charge is 0.488 e. The summed E-state index contributed by atoms with van der Waals surface area (Å²) < 4.78 is 5.92. The highest BCUT2D eigenvalue weighted by Crippen LogP contribution is 2.28. The van der Waals surface area contributed by atoms with Gasteiger partial charge in [0.05, 0.1) is 21.9 Å². The molecule has 0 saturated heterocycles. The van der Waals surface area contributed by atoms with Crippen molar-refractivity contribution < 1.29 is 14.5 Å². The fraction of sp³-hybridized carbons (Fsp3) is 0.0833. The van der Waals surface area contributed by atoms with Gasteiger partial charge in [0, 0.05) is 17.7 Å². The average molecular weight is 413 g/mol. The third-order valence-electron chi connectivity index (χ3n) is 4.80. The van der Waals surface area contributed by atoms with Gasteiger partial charge >= 0.3 is 0 Å². The molecule has 3 aromatic rings. The Balaban J connectivity index is 1.57. The third-order valence-corrected chi connectivity index (χ3v) is 4.80. The minimum atomic E-state index is -0.436. The van der Waals surface area contributed by atoms with Crippen LogP contribution >= 0.6 is 0 Å². The highest BCUT2D eigenvalue weighted by Gasteiger charge is 2.28. The average Bonchev–Trinajstić information content (AvgIpc) is 3.07. The molecular weight excluding hydrogens is 394 g/mol. The molecule has 1 amide bonds. The van der Waals surface area contributed by atoms with Crippen molar-refractivity contribution in [2.45, 2.75) is 13.5 Å². The van der Waals surface area contributed by atoms with Crippen LogP contribution < -0.4 is 9.75 Å². The van der Waals surface area contributed by atoms with E-state index in [1.165, 1.54) is 17.1 Å². The second-order valence-electron chi connectivity index (χ2n) is 6.95. The highest BCUT2D eigenvalue weighted by atomic mass is 16.6. The van der Waals surface area contributed by atoms with Gasteiger partial charge in [-0.15, -0.1) is 0 Å². The lowest BCUT2D eigenvalue weighted by molar-refractivity contribution is -0.384. The zero-order chi connectivity index (χ0) is 21.8. The van der Waals surface area contributed by atoms with Gasteiger partial charge in [0.1, 0.15) is 12.4 Å². The van der Waals surface area contributed by atoms with Crippen LogP contribution in [0.25, 0.3) is 6.08 Å². The van der Waals surface area contributed by atoms with Crippen LogP contribution in [0.2, 0.25) is 0 Å². The van der Waals surface area contributed by atoms with Gasteiger partial charge in [0.15, 0.2) is 0 Å². The van der Waals surface area contributed by atoms with Gasteiger partial charge in [0.2, 0.25) is 0 Å². The number of anilines is 1. The van der Waals surface area contributed by atoms with Gasteiger partial charge in [-0.05, 0) is 36.8 Å². The monoisotopic (exact) mass is 413 g/mol. The van der Waals surface area contributed by atoms with E-state index in [1.807, 2.05) is 48.5 Å². The molecule has 0 radical (unpaired) electrons. The van der Waals surface area contributed by atoms with Crippen LogP contribution in [0, 0.1) is 10.1 Å². The van der Waals surface area contributed by atoms with Crippen LogP contribution in [-0.4, -0.2) is 16.5 Å². The fourth-order valence-electron chi connectivity index (χ4n) is 3.24. The lowest BCUT2D eigenvalue weighted by Gasteiger charge is -2.12. The minimum Gasteiger partial charge on any atom is -0.488 e. The first-order valence-corrected chi connectivity index (χ1v) is 9.65. The number of amides is 1. The normalized spacial score (nSPS) is 14.6. The molecule has 0 spiro atoms. The number of non-ortho nitro benzene ring substituents is 1. The van der Waals surface area contributed by atoms with Gasteiger partial charge in [-0.1, -0.05) is 48.5 Å². The fourth-order valence-corrected chi connectivity index (χ4v) is 3.24. The zero-order valence-electron chi connectivity index (χ0n) is 16.8. The van der Waals surface area contributed by atoms with Crippen molar-refractivity contribution in [2.75, 3.05) is 5.01 Å². The second-order valence-corrected chi connectivity index (χ2v) is 6.95. The van der Waals surface area contributed by atoms with Crippen molar-refractivity contribution in [1.29, 1.82) is 0 Å². The lowest BCUT2D eigenvalue weighted by Crippen LogP contribution is -2.21. The molecule has 3 aromatic carbocycles. The predicted molar refractivity (Wildman–Crippen MR) is 119 cm³/mol. The molecule has 154 valence electrons. The molecule has 4 rings (SSSR count). The van der Waals surface area contributed by atoms with Gasteiger partial charge < -0.3 is 4.74 Å². The van der Waals surface area contributed by atoms with Crippen LogP contribution in [0.4, 0.5) is 11.4 Å². The molecule has 0 bridgehead atoms. The topological polar surface area (TPSA) is 85.0 Å². The number of hydrogen-bond donors (Lipinski definition) is 0. The Bertz CT molecular complexity index is 1200. The molecule has 7 nitrogen and oxygen atoms in total. The smallest absolute Gasteiger partial charge is 0.280 e. The van der Waals surface area contributed by atoms with Crippen molar-refractivity contribution in [3.8, 4) is 5.75 Å². The van der Waals surface area contributed by atoms with Crippen molar-refractivity contribution in [1.82, 2.24) is 0 Å². The maximum Gasteiger partial charge on any atom is 0.280 e. The van der Waals surface area contributed by atoms with Crippen LogP contribution in [0.1, 0.15) is 18.1 Å². The van der Waals surface area contributed by atoms with E-state index < -0.39 is 4.92 Å². The molecule has 1 aliphatic heterocycles. The standard InChI is InChI=1S/C24H19N3O4/c1-17-22(24(28)26(25-17)20-10-3-2-4-11-20)15-19-9-5-6-13-23(19)31-16-18-8-7-12-21(14-18)27(29)30/h2-15H,16H2,1H3/b22-15+. The molecule has 31 heavy (non-hydrogen) atoms. The van der Waals surface area contributed by atoms with Crippen molar-refractivity contribution in [3.05, 3.63) is 106 Å². The van der Waals surface area contributed by atoms with Gasteiger partial charge in [-0.25, -0.2) is 0 Å². The number of hydrazone groups is 1. The van der Waals surface area contributed by atoms with E-state index in [0.29, 0.717) is 28.3 Å². The number of nitrogens with zero attached hydrogens (tertiary/aromatic N) is 3. The maximum absolute atomic E-state index is 13.0. The van der Waals surface area contributed by atoms with E-state index in [2.05, 4.69) is 5.10 Å². The number of nitro benzene ring substituents is 1. The maximum atomic E-state index is 13.0. The molecule has 1 heterocycles. The first-order chi connectivity index (χ1) is 15.0. The first kappa shape index (κ1) is 20.0. The predicted octanol–water partition coefficient (Wildman–Crippen LogP) is 4.98. The summed E-state index contributed by atoms with van der Waals surface area (Å²) in [7, 11) is 0. The molecule has 0 atom stereocenters. The molecule has 0 aliphatic carbocycles. The Labute approximate surface area is 179 Å². The summed E-state index contributed by atoms with van der Waals surface area (Å²) in [5.41, 5.74) is 3.21. The summed E-state index contributed by atoms with van der Waals surface area (Å²) >= 11 is 0. The van der Waals surface area contributed by atoms with Crippen LogP contribution in [0.5, 0.6) is 5.75 Å². The SMILES string of the molecule is CC1=NN(c2ccccc2)C(=O)/C1=C/c1ccccc1OCc1cccc([N+](=O)[O-])c1. The van der Waals surface area contributed by atoms with Crippen LogP contribution in [-0.2, 0) is 11.4 Å². The summed E-state index contributed by atoms with van der Waals surface area (Å²) in [5, 5.41) is 16.8. The minimum absolute atomic E-state index is 0.0147. The van der Waals surface area contributed by atoms with E-state index in [4.69, 9.17) is 4.74 Å². The number of para-hydroxylation sites is 2. The Morgan fingerprint density at radius 3 is 2.55 bits per heavy atom. The Morgan fingerprint density at radius 1 is 1.03 bits per heavy atom. The van der Waals surface area contributed by atoms with Crippen LogP contribution in [0.15, 0.2) is 89.5 Å². The van der Waals surface area contributed by atoms with Crippen LogP contribution in [0.3, 0.4) is 0 Å². The van der Waals surface area contributed by atoms with Crippen molar-refractivity contribution in [3.63, 3.8) is 0 Å². The third kappa shape index (κ3) is 4.35. The Morgan fingerprint density at radius 2 is 1.77 bits per heavy atom. The molecule has 0 unspecified atom stereocenters. The van der Waals surface area contributed by atoms with Crippen molar-refractivity contribution in [2.24, 2.45) is 5.10 Å². The molecule has 0 N–H and O–H groups in total. The summed E-state index contributed by atoms with van der Waals surface area (Å²) in [6.45, 7) is 1.96. The summed E-state index contributed by atoms with van der Waals surface area (Å²) in [6, 6.07) is 22.9. The quantitative estimate of drug-likeness (QED) is 0.324. The molecule has 0 saturated carbocycles. The van der Waals surface area contributed by atoms with Crippen molar-refractivity contribution >= 4 is 29.1 Å². The number of carbonyl (C=O) groups excluding carboxylic acids is 1. The van der Waals surface area contributed by atoms with E-state index in [1.54, 1.807) is 31.2 Å². The Hall–Kier alpha value is -4.26. The second kappa shape index (κ2) is 8.62. The molecule has 0 aromatic heterocycles. The lowest BCUT2D eigenvalue weighted by atomic mass is 10.1. The summed E-state index contributed by atoms with van der Waals surface area (Å²) in [6.07, 6.45) is 1.76. The zero-order valence-corrected chi connectivity index (χ0v) is 16.8. The van der Waals surface area contributed by atoms with E-state index in [-0.39, 0.29) is 18.2 Å². The van der Waals surface area contributed by atoms with E-state index in [9.17, 15) is 14.9 Å². The van der Waals surface area contributed by atoms with E-state index >= 15 is 0 Å². The van der Waals surface area contributed by atoms with Gasteiger partial charge in [-0.3, -0.25) is 14.9 Å². The highest BCUT2D eigenvalue weighted by molar-refractivity contribution is 6.32. The number of ether oxygens (including phenoxy) is 1. The molecule has 0 fully saturated rings. The summed E-state index contributed by atoms with van der Waals surface area (Å²) in [4.78, 5) is 23.5. The summed E-state index contributed by atoms with van der Waals surface area (Å²) in [5.74, 6) is 0.359. The molecular formula is C24H19N3O4. The molecule has 7 heteroatoms. The molecule has 1 aliphatic rings. The van der Waals surface area contributed by atoms with E-state index in [0.717, 1.165) is 5.56 Å². The number of benzene rings is 3. The van der Waals surface area contributed by atoms with Gasteiger partial charge in [0.25, 0.3) is 11.6 Å².